The Labute approximate surface area is 186 Å². The quantitative estimate of drug-likeness (QED) is 0.183. The van der Waals surface area contributed by atoms with Gasteiger partial charge in [-0.25, -0.2) is 4.79 Å². The number of rotatable bonds is 6. The van der Waals surface area contributed by atoms with E-state index in [1.54, 1.807) is 30.3 Å². The van der Waals surface area contributed by atoms with Gasteiger partial charge in [0.1, 0.15) is 11.6 Å². The number of nitriles is 1. The van der Waals surface area contributed by atoms with Gasteiger partial charge in [0.05, 0.1) is 10.6 Å². The lowest BCUT2D eigenvalue weighted by Crippen LogP contribution is -2.21. The molecule has 0 spiro atoms. The third kappa shape index (κ3) is 6.39. The number of hydrogen-bond donors (Lipinski definition) is 1. The Bertz CT molecular complexity index is 1030. The smallest absolute Gasteiger partial charge is 0.349 e. The van der Waals surface area contributed by atoms with Gasteiger partial charge in [-0.2, -0.15) is 5.26 Å². The number of hydrogen-bond acceptors (Lipinski definition) is 6. The molecular weight excluding hydrogens is 533 g/mol. The molecule has 29 heavy (non-hydrogen) atoms. The van der Waals surface area contributed by atoms with Gasteiger partial charge in [0, 0.05) is 26.1 Å². The molecule has 0 aliphatic rings. The van der Waals surface area contributed by atoms with Gasteiger partial charge in [-0.05, 0) is 55.6 Å². The molecular formula is C18H10Br2ClN3O5. The van der Waals surface area contributed by atoms with Crippen LogP contribution in [0.4, 0.5) is 11.4 Å². The van der Waals surface area contributed by atoms with Crippen molar-refractivity contribution in [3.05, 3.63) is 71.6 Å². The second-order valence-corrected chi connectivity index (χ2v) is 7.53. The highest BCUT2D eigenvalue weighted by molar-refractivity contribution is 9.11. The highest BCUT2D eigenvalue weighted by atomic mass is 79.9. The maximum atomic E-state index is 12.1. The van der Waals surface area contributed by atoms with Gasteiger partial charge < -0.3 is 10.1 Å². The molecule has 8 nitrogen and oxygen atoms in total. The van der Waals surface area contributed by atoms with Gasteiger partial charge in [0.15, 0.2) is 6.61 Å². The monoisotopic (exact) mass is 541 g/mol. The lowest BCUT2D eigenvalue weighted by Gasteiger charge is -2.10. The van der Waals surface area contributed by atoms with Crippen molar-refractivity contribution in [3.8, 4) is 6.07 Å². The lowest BCUT2D eigenvalue weighted by molar-refractivity contribution is -0.385. The molecule has 148 valence electrons. The van der Waals surface area contributed by atoms with Gasteiger partial charge in [0.2, 0.25) is 0 Å². The van der Waals surface area contributed by atoms with E-state index in [1.807, 2.05) is 0 Å². The first-order valence-corrected chi connectivity index (χ1v) is 9.65. The molecule has 0 aliphatic heterocycles. The Kier molecular flexibility index (Phi) is 7.90. The molecule has 0 heterocycles. The molecule has 0 saturated carbocycles. The van der Waals surface area contributed by atoms with E-state index in [-0.39, 0.29) is 25.9 Å². The maximum absolute atomic E-state index is 12.1. The Morgan fingerprint density at radius 2 is 1.83 bits per heavy atom. The topological polar surface area (TPSA) is 122 Å². The van der Waals surface area contributed by atoms with Crippen LogP contribution in [0.5, 0.6) is 0 Å². The Morgan fingerprint density at radius 1 is 1.24 bits per heavy atom. The molecule has 2 aromatic rings. The molecule has 1 N–H and O–H groups in total. The van der Waals surface area contributed by atoms with E-state index in [9.17, 15) is 19.7 Å². The number of nitro benzene ring substituents is 1. The number of carbonyl (C=O) groups excluding carboxylic acids is 2. The van der Waals surface area contributed by atoms with Crippen LogP contribution in [0.3, 0.4) is 0 Å². The van der Waals surface area contributed by atoms with Gasteiger partial charge in [-0.3, -0.25) is 14.9 Å². The maximum Gasteiger partial charge on any atom is 0.349 e. The number of halogens is 3. The molecule has 0 aliphatic carbocycles. The molecule has 1 amide bonds. The van der Waals surface area contributed by atoms with Crippen LogP contribution in [0.15, 0.2) is 50.9 Å². The van der Waals surface area contributed by atoms with Crippen LogP contribution in [-0.2, 0) is 14.3 Å². The van der Waals surface area contributed by atoms with Gasteiger partial charge >= 0.3 is 5.97 Å². The Balaban J connectivity index is 2.03. The number of nitro groups is 1. The highest BCUT2D eigenvalue weighted by Gasteiger charge is 2.18. The van der Waals surface area contributed by atoms with Crippen LogP contribution in [0, 0.1) is 21.4 Å². The first-order valence-electron chi connectivity index (χ1n) is 7.69. The molecule has 0 unspecified atom stereocenters. The first kappa shape index (κ1) is 22.5. The molecule has 0 saturated heterocycles. The first-order chi connectivity index (χ1) is 13.7. The number of non-ortho nitro benzene ring substituents is 1. The van der Waals surface area contributed by atoms with Crippen LogP contribution in [-0.4, -0.2) is 23.4 Å². The fraction of sp³-hybridized carbons (Fsp3) is 0.0556. The number of ether oxygens (including phenoxy) is 1. The van der Waals surface area contributed by atoms with Crippen molar-refractivity contribution >= 4 is 72.8 Å². The number of benzene rings is 2. The predicted octanol–water partition coefficient (Wildman–Crippen LogP) is 4.86. The number of esters is 1. The fourth-order valence-electron chi connectivity index (χ4n) is 2.03. The summed E-state index contributed by atoms with van der Waals surface area (Å²) in [5.41, 5.74) is 0.317. The summed E-state index contributed by atoms with van der Waals surface area (Å²) in [6, 6.07) is 10.6. The molecule has 2 aromatic carbocycles. The van der Waals surface area contributed by atoms with E-state index in [1.165, 1.54) is 18.2 Å². The van der Waals surface area contributed by atoms with Crippen LogP contribution in [0.25, 0.3) is 6.08 Å². The second-order valence-electron chi connectivity index (χ2n) is 5.39. The van der Waals surface area contributed by atoms with Crippen molar-refractivity contribution in [3.63, 3.8) is 0 Å². The summed E-state index contributed by atoms with van der Waals surface area (Å²) < 4.78 is 5.39. The van der Waals surface area contributed by atoms with E-state index < -0.39 is 23.4 Å². The number of nitrogens with zero attached hydrogens (tertiary/aromatic N) is 2. The largest absolute Gasteiger partial charge is 0.451 e. The van der Waals surface area contributed by atoms with Crippen LogP contribution >= 0.6 is 43.5 Å². The van der Waals surface area contributed by atoms with E-state index in [4.69, 9.17) is 21.6 Å². The standard InChI is InChI=1S/C18H10Br2ClN3O5/c19-14-6-13(24(27)28)7-15(20)17(14)23-16(25)9-29-18(26)11(8-22)5-10-1-3-12(21)4-2-10/h1-7H,9H2,(H,23,25)/b11-5-. The van der Waals surface area contributed by atoms with E-state index in [2.05, 4.69) is 37.2 Å². The summed E-state index contributed by atoms with van der Waals surface area (Å²) >= 11 is 12.0. The zero-order chi connectivity index (χ0) is 21.6. The summed E-state index contributed by atoms with van der Waals surface area (Å²) in [5, 5.41) is 22.9. The van der Waals surface area contributed by atoms with Crippen molar-refractivity contribution < 1.29 is 19.2 Å². The van der Waals surface area contributed by atoms with Crippen LogP contribution in [0.1, 0.15) is 5.56 Å². The van der Waals surface area contributed by atoms with Gasteiger partial charge in [0.25, 0.3) is 11.6 Å². The van der Waals surface area contributed by atoms with Crippen LogP contribution in [0.2, 0.25) is 5.02 Å². The zero-order valence-electron chi connectivity index (χ0n) is 14.3. The fourth-order valence-corrected chi connectivity index (χ4v) is 3.52. The van der Waals surface area contributed by atoms with Crippen molar-refractivity contribution in [1.82, 2.24) is 0 Å². The van der Waals surface area contributed by atoms with Gasteiger partial charge in [-0.15, -0.1) is 0 Å². The van der Waals surface area contributed by atoms with Crippen molar-refractivity contribution in [1.29, 1.82) is 5.26 Å². The van der Waals surface area contributed by atoms with Crippen molar-refractivity contribution in [2.45, 2.75) is 0 Å². The molecule has 0 radical (unpaired) electrons. The number of amides is 1. The van der Waals surface area contributed by atoms with Crippen molar-refractivity contribution in [2.24, 2.45) is 0 Å². The summed E-state index contributed by atoms with van der Waals surface area (Å²) in [7, 11) is 0. The molecule has 0 aromatic heterocycles. The minimum absolute atomic E-state index is 0.181. The normalized spacial score (nSPS) is 10.8. The SMILES string of the molecule is N#C/C(=C/c1ccc(Cl)cc1)C(=O)OCC(=O)Nc1c(Br)cc([N+](=O)[O-])cc1Br. The lowest BCUT2D eigenvalue weighted by atomic mass is 10.1. The number of carbonyl (C=O) groups is 2. The number of anilines is 1. The molecule has 2 rings (SSSR count). The summed E-state index contributed by atoms with van der Waals surface area (Å²) in [6.45, 7) is -0.658. The molecule has 0 fully saturated rings. The molecule has 0 atom stereocenters. The minimum Gasteiger partial charge on any atom is -0.451 e. The highest BCUT2D eigenvalue weighted by Crippen LogP contribution is 2.35. The minimum atomic E-state index is -0.973. The Morgan fingerprint density at radius 3 is 2.34 bits per heavy atom. The average molecular weight is 544 g/mol. The van der Waals surface area contributed by atoms with Crippen LogP contribution < -0.4 is 5.32 Å². The van der Waals surface area contributed by atoms with E-state index >= 15 is 0 Å². The number of nitrogens with one attached hydrogen (secondary N) is 1. The molecule has 0 bridgehead atoms. The summed E-state index contributed by atoms with van der Waals surface area (Å²) in [4.78, 5) is 34.4. The summed E-state index contributed by atoms with van der Waals surface area (Å²) in [6.07, 6.45) is 1.31. The second kappa shape index (κ2) is 10.2. The predicted molar refractivity (Wildman–Crippen MR) is 113 cm³/mol. The average Bonchev–Trinajstić information content (AvgIpc) is 2.68. The van der Waals surface area contributed by atoms with Gasteiger partial charge in [-0.1, -0.05) is 23.7 Å². The third-order valence-corrected chi connectivity index (χ3v) is 4.86. The Hall–Kier alpha value is -2.74. The zero-order valence-corrected chi connectivity index (χ0v) is 18.2. The summed E-state index contributed by atoms with van der Waals surface area (Å²) in [5.74, 6) is -1.67. The molecule has 11 heteroatoms. The van der Waals surface area contributed by atoms with Crippen molar-refractivity contribution in [2.75, 3.05) is 11.9 Å². The third-order valence-electron chi connectivity index (χ3n) is 3.36. The van der Waals surface area contributed by atoms with E-state index in [0.717, 1.165) is 0 Å². The van der Waals surface area contributed by atoms with E-state index in [0.29, 0.717) is 10.6 Å².